The van der Waals surface area contributed by atoms with Crippen molar-refractivity contribution in [3.05, 3.63) is 65.9 Å². The normalized spacial score (nSPS) is 19.6. The van der Waals surface area contributed by atoms with Crippen LogP contribution < -0.4 is 16.5 Å². The van der Waals surface area contributed by atoms with Crippen molar-refractivity contribution in [1.29, 1.82) is 0 Å². The summed E-state index contributed by atoms with van der Waals surface area (Å²) in [5.74, 6) is -0.0948. The number of carbonyl (C=O) groups excluding carboxylic acids is 2. The second-order valence-corrected chi connectivity index (χ2v) is 6.40. The molecule has 3 amide bonds. The molecule has 0 fully saturated rings. The summed E-state index contributed by atoms with van der Waals surface area (Å²) in [4.78, 5) is 23.7. The molecule has 6 nitrogen and oxygen atoms in total. The smallest absolute Gasteiger partial charge is 0.332 e. The number of hydrogen-bond donors (Lipinski definition) is 3. The molecular formula is C21H26N4O2. The van der Waals surface area contributed by atoms with Crippen molar-refractivity contribution < 1.29 is 9.59 Å². The van der Waals surface area contributed by atoms with Gasteiger partial charge in [0.1, 0.15) is 0 Å². The Morgan fingerprint density at radius 3 is 2.59 bits per heavy atom. The maximum Gasteiger partial charge on any atom is 0.332 e. The van der Waals surface area contributed by atoms with Gasteiger partial charge in [-0.05, 0) is 30.9 Å². The van der Waals surface area contributed by atoms with Crippen molar-refractivity contribution in [2.45, 2.75) is 33.1 Å². The lowest BCUT2D eigenvalue weighted by atomic mass is 9.75. The highest BCUT2D eigenvalue weighted by atomic mass is 16.2. The number of nitrogens with one attached hydrogen (secondary N) is 2. The Morgan fingerprint density at radius 1 is 1.30 bits per heavy atom. The minimum Gasteiger partial charge on any atom is -0.350 e. The van der Waals surface area contributed by atoms with Gasteiger partial charge in [0.15, 0.2) is 0 Å². The third-order valence-corrected chi connectivity index (χ3v) is 4.47. The summed E-state index contributed by atoms with van der Waals surface area (Å²) in [6.45, 7) is 3.84. The van der Waals surface area contributed by atoms with Crippen LogP contribution in [0.15, 0.2) is 65.4 Å². The fraction of sp³-hybridized carbons (Fsp3) is 0.286. The molecule has 2 rings (SSSR count). The number of nitrogens with zero attached hydrogens (tertiary/aromatic N) is 1. The number of allylic oxidation sites excluding steroid dienone is 5. The molecule has 0 heterocycles. The molecule has 1 aromatic rings. The summed E-state index contributed by atoms with van der Waals surface area (Å²) in [5, 5.41) is 6.59. The molecule has 4 N–H and O–H groups in total. The summed E-state index contributed by atoms with van der Waals surface area (Å²) in [6.07, 6.45) is 11.5. The molecular weight excluding hydrogens is 340 g/mol. The average molecular weight is 366 g/mol. The molecule has 0 aromatic heterocycles. The Hall–Kier alpha value is -3.15. The Labute approximate surface area is 159 Å². The highest BCUT2D eigenvalue weighted by molar-refractivity contribution is 5.93. The molecule has 142 valence electrons. The summed E-state index contributed by atoms with van der Waals surface area (Å²) < 4.78 is 0. The molecule has 0 bridgehead atoms. The third-order valence-electron chi connectivity index (χ3n) is 4.47. The highest BCUT2D eigenvalue weighted by Gasteiger charge is 2.35. The van der Waals surface area contributed by atoms with Gasteiger partial charge in [0.2, 0.25) is 5.91 Å². The van der Waals surface area contributed by atoms with Crippen LogP contribution >= 0.6 is 0 Å². The van der Waals surface area contributed by atoms with E-state index in [2.05, 4.69) is 41.0 Å². The number of nitrogens with two attached hydrogens (primary N) is 1. The first-order valence-corrected chi connectivity index (χ1v) is 9.02. The van der Waals surface area contributed by atoms with E-state index in [-0.39, 0.29) is 5.91 Å². The van der Waals surface area contributed by atoms with E-state index in [1.807, 2.05) is 30.4 Å². The van der Waals surface area contributed by atoms with Crippen molar-refractivity contribution in [1.82, 2.24) is 10.7 Å². The molecule has 0 saturated carbocycles. The number of primary amides is 1. The Morgan fingerprint density at radius 2 is 2.04 bits per heavy atom. The summed E-state index contributed by atoms with van der Waals surface area (Å²) in [6, 6.07) is 9.35. The number of urea groups is 1. The molecule has 0 aliphatic heterocycles. The van der Waals surface area contributed by atoms with Crippen molar-refractivity contribution in [2.75, 3.05) is 0 Å². The Bertz CT molecular complexity index is 794. The third kappa shape index (κ3) is 5.41. The van der Waals surface area contributed by atoms with Gasteiger partial charge in [0.05, 0.1) is 17.3 Å². The van der Waals surface area contributed by atoms with E-state index in [9.17, 15) is 9.59 Å². The first kappa shape index (κ1) is 20.2. The van der Waals surface area contributed by atoms with Crippen LogP contribution in [-0.4, -0.2) is 18.2 Å². The van der Waals surface area contributed by atoms with Crippen LogP contribution in [0, 0.1) is 5.41 Å². The zero-order valence-corrected chi connectivity index (χ0v) is 15.7. The fourth-order valence-corrected chi connectivity index (χ4v) is 3.04. The lowest BCUT2D eigenvalue weighted by Crippen LogP contribution is -2.40. The number of amides is 3. The zero-order chi connectivity index (χ0) is 19.7. The molecule has 0 saturated heterocycles. The first-order chi connectivity index (χ1) is 13.0. The van der Waals surface area contributed by atoms with Gasteiger partial charge in [-0.25, -0.2) is 10.2 Å². The van der Waals surface area contributed by atoms with E-state index < -0.39 is 11.4 Å². The largest absolute Gasteiger partial charge is 0.350 e. The lowest BCUT2D eigenvalue weighted by Gasteiger charge is -2.31. The van der Waals surface area contributed by atoms with Gasteiger partial charge in [0.25, 0.3) is 0 Å². The van der Waals surface area contributed by atoms with Crippen LogP contribution in [0.25, 0.3) is 5.57 Å². The van der Waals surface area contributed by atoms with Crippen molar-refractivity contribution in [3.63, 3.8) is 0 Å². The first-order valence-electron chi connectivity index (χ1n) is 9.02. The summed E-state index contributed by atoms with van der Waals surface area (Å²) >= 11 is 0. The van der Waals surface area contributed by atoms with E-state index in [4.69, 9.17) is 5.73 Å². The van der Waals surface area contributed by atoms with Crippen LogP contribution in [0.4, 0.5) is 4.79 Å². The number of hydrazone groups is 1. The minimum atomic E-state index is -0.760. The molecule has 1 atom stereocenters. The second kappa shape index (κ2) is 9.52. The van der Waals surface area contributed by atoms with Gasteiger partial charge in [0, 0.05) is 0 Å². The van der Waals surface area contributed by atoms with Crippen LogP contribution in [0.2, 0.25) is 0 Å². The van der Waals surface area contributed by atoms with Gasteiger partial charge in [-0.1, -0.05) is 68.0 Å². The number of carbonyl (C=O) groups is 2. The molecule has 27 heavy (non-hydrogen) atoms. The molecule has 1 aromatic carbocycles. The lowest BCUT2D eigenvalue weighted by molar-refractivity contribution is -0.128. The molecule has 1 aliphatic rings. The van der Waals surface area contributed by atoms with E-state index in [1.165, 1.54) is 6.21 Å². The van der Waals surface area contributed by atoms with Crippen LogP contribution in [0.1, 0.15) is 38.7 Å². The summed E-state index contributed by atoms with van der Waals surface area (Å²) in [7, 11) is 0. The van der Waals surface area contributed by atoms with E-state index in [0.717, 1.165) is 24.0 Å². The zero-order valence-electron chi connectivity index (χ0n) is 15.7. The quantitative estimate of drug-likeness (QED) is 0.509. The fourth-order valence-electron chi connectivity index (χ4n) is 3.04. The Kier molecular flexibility index (Phi) is 7.11. The number of benzene rings is 1. The number of hydrogen-bond acceptors (Lipinski definition) is 3. The summed E-state index contributed by atoms with van der Waals surface area (Å²) in [5.41, 5.74) is 9.24. The molecule has 0 radical (unpaired) electrons. The number of rotatable bonds is 7. The monoisotopic (exact) mass is 366 g/mol. The van der Waals surface area contributed by atoms with Crippen LogP contribution in [-0.2, 0) is 4.79 Å². The highest BCUT2D eigenvalue weighted by Crippen LogP contribution is 2.37. The predicted molar refractivity (Wildman–Crippen MR) is 109 cm³/mol. The van der Waals surface area contributed by atoms with E-state index in [0.29, 0.717) is 12.1 Å². The van der Waals surface area contributed by atoms with Crippen molar-refractivity contribution >= 4 is 23.7 Å². The van der Waals surface area contributed by atoms with Gasteiger partial charge >= 0.3 is 6.03 Å². The van der Waals surface area contributed by atoms with Gasteiger partial charge in [-0.3, -0.25) is 4.79 Å². The van der Waals surface area contributed by atoms with Crippen LogP contribution in [0.3, 0.4) is 0 Å². The van der Waals surface area contributed by atoms with Gasteiger partial charge in [-0.2, -0.15) is 5.10 Å². The standard InChI is InChI=1S/C21H26N4O2/c1-3-12-21(19(26)24-18(4-2)15-23-25-20(22)27)13-10-17(11-14-21)16-8-6-5-7-9-16/h4-11,13,15H,3,12,14H2,1-2H3,(H,24,26)(H3,22,25,27)/b18-4+,23-15+. The maximum absolute atomic E-state index is 13.0. The minimum absolute atomic E-state index is 0.0948. The van der Waals surface area contributed by atoms with Gasteiger partial charge < -0.3 is 11.1 Å². The molecule has 1 aliphatic carbocycles. The molecule has 1 unspecified atom stereocenters. The SMILES string of the molecule is C/C=C(\C=N\NC(N)=O)NC(=O)C1(CCC)C=CC(c2ccccc2)=CC1. The van der Waals surface area contributed by atoms with Gasteiger partial charge in [-0.15, -0.1) is 0 Å². The Balaban J connectivity index is 2.14. The average Bonchev–Trinajstić information content (AvgIpc) is 2.68. The molecule has 0 spiro atoms. The van der Waals surface area contributed by atoms with Crippen molar-refractivity contribution in [3.8, 4) is 0 Å². The second-order valence-electron chi connectivity index (χ2n) is 6.40. The van der Waals surface area contributed by atoms with Crippen LogP contribution in [0.5, 0.6) is 0 Å². The predicted octanol–water partition coefficient (Wildman–Crippen LogP) is 3.49. The molecule has 6 heteroatoms. The topological polar surface area (TPSA) is 96.6 Å². The van der Waals surface area contributed by atoms with E-state index in [1.54, 1.807) is 13.0 Å². The maximum atomic E-state index is 13.0. The van der Waals surface area contributed by atoms with Crippen molar-refractivity contribution in [2.24, 2.45) is 16.3 Å². The van der Waals surface area contributed by atoms with E-state index >= 15 is 0 Å².